The predicted octanol–water partition coefficient (Wildman–Crippen LogP) is 1.39. The van der Waals surface area contributed by atoms with E-state index in [0.29, 0.717) is 36.5 Å². The fraction of sp³-hybridized carbons (Fsp3) is 0.524. The van der Waals surface area contributed by atoms with Crippen LogP contribution in [0.25, 0.3) is 5.65 Å². The lowest BCUT2D eigenvalue weighted by Gasteiger charge is -2.31. The summed E-state index contributed by atoms with van der Waals surface area (Å²) in [5.74, 6) is 1.38. The first-order chi connectivity index (χ1) is 13.8. The Morgan fingerprint density at radius 3 is 2.69 bits per heavy atom. The monoisotopic (exact) mass is 400 g/mol. The van der Waals surface area contributed by atoms with E-state index in [2.05, 4.69) is 16.9 Å². The van der Waals surface area contributed by atoms with Crippen molar-refractivity contribution in [2.24, 2.45) is 11.8 Å². The topological polar surface area (TPSA) is 95.2 Å². The summed E-state index contributed by atoms with van der Waals surface area (Å²) in [6, 6.07) is 5.96. The van der Waals surface area contributed by atoms with Crippen molar-refractivity contribution in [2.75, 3.05) is 20.6 Å². The van der Waals surface area contributed by atoms with Crippen LogP contribution in [0.2, 0.25) is 0 Å². The second kappa shape index (κ2) is 8.73. The molecule has 156 valence electrons. The molecule has 4 rings (SSSR count). The zero-order chi connectivity index (χ0) is 21.1. The molecule has 1 saturated carbocycles. The Kier molecular flexibility index (Phi) is 6.32. The number of carboxylic acid groups (broad SMARTS) is 1. The van der Waals surface area contributed by atoms with E-state index in [4.69, 9.17) is 9.90 Å². The van der Waals surface area contributed by atoms with Crippen molar-refractivity contribution < 1.29 is 14.7 Å². The van der Waals surface area contributed by atoms with E-state index in [9.17, 15) is 9.59 Å². The lowest BCUT2D eigenvalue weighted by molar-refractivity contribution is -0.135. The van der Waals surface area contributed by atoms with Crippen molar-refractivity contribution in [1.29, 1.82) is 0 Å². The molecule has 3 atom stereocenters. The van der Waals surface area contributed by atoms with E-state index in [-0.39, 0.29) is 17.9 Å². The normalized spacial score (nSPS) is 23.7. The Bertz CT molecular complexity index is 957. The van der Waals surface area contributed by atoms with Crippen molar-refractivity contribution >= 4 is 18.0 Å². The van der Waals surface area contributed by atoms with Gasteiger partial charge in [-0.3, -0.25) is 23.7 Å². The molecule has 1 aliphatic heterocycles. The van der Waals surface area contributed by atoms with Crippen LogP contribution in [0.15, 0.2) is 29.2 Å². The summed E-state index contributed by atoms with van der Waals surface area (Å²) < 4.78 is 1.60. The number of piperidine rings is 1. The van der Waals surface area contributed by atoms with Gasteiger partial charge >= 0.3 is 0 Å². The number of pyridine rings is 1. The molecule has 1 amide bonds. The van der Waals surface area contributed by atoms with Gasteiger partial charge in [0.25, 0.3) is 12.0 Å². The molecule has 0 radical (unpaired) electrons. The number of hydrogen-bond donors (Lipinski definition) is 1. The number of fused-ring (bicyclic) bond motifs is 2. The molecular weight excluding hydrogens is 372 g/mol. The molecular formula is C21H28N4O4. The van der Waals surface area contributed by atoms with E-state index in [1.165, 1.54) is 0 Å². The van der Waals surface area contributed by atoms with Gasteiger partial charge in [-0.15, -0.1) is 0 Å². The lowest BCUT2D eigenvalue weighted by atomic mass is 9.88. The number of rotatable bonds is 3. The highest BCUT2D eigenvalue weighted by atomic mass is 16.3. The van der Waals surface area contributed by atoms with Gasteiger partial charge in [-0.05, 0) is 50.3 Å². The Labute approximate surface area is 169 Å². The van der Waals surface area contributed by atoms with Crippen molar-refractivity contribution in [3.05, 3.63) is 46.0 Å². The fourth-order valence-electron chi connectivity index (χ4n) is 4.57. The number of likely N-dealkylation sites (tertiary alicyclic amines) is 1. The van der Waals surface area contributed by atoms with Crippen LogP contribution in [0.1, 0.15) is 30.5 Å². The summed E-state index contributed by atoms with van der Waals surface area (Å²) in [6.45, 7) is 3.26. The fourth-order valence-corrected chi connectivity index (χ4v) is 4.57. The highest BCUT2D eigenvalue weighted by molar-refractivity contribution is 5.77. The van der Waals surface area contributed by atoms with Gasteiger partial charge < -0.3 is 10.0 Å². The molecule has 0 spiro atoms. The van der Waals surface area contributed by atoms with Crippen LogP contribution in [0, 0.1) is 18.8 Å². The standard InChI is InChI=1S/C20H26N4O2.CH2O2/c1-13-4-5-18-21-16(9-20(26)24(18)10-13)12-22(2)17-6-14-8-19(25)23(3)11-15(14)7-17;2-1-3/h4-5,9-10,14-15,17H,6-8,11-12H2,1-3H3;1H,(H,2,3)/t14-,15+,17-;/m1./s1. The number of nitrogens with zero attached hydrogens (tertiary/aromatic N) is 4. The zero-order valence-electron chi connectivity index (χ0n) is 17.1. The Morgan fingerprint density at radius 2 is 1.97 bits per heavy atom. The number of carbonyl (C=O) groups is 2. The van der Waals surface area contributed by atoms with E-state index < -0.39 is 0 Å². The van der Waals surface area contributed by atoms with Gasteiger partial charge in [-0.25, -0.2) is 4.98 Å². The van der Waals surface area contributed by atoms with Crippen molar-refractivity contribution in [3.63, 3.8) is 0 Å². The molecule has 1 N–H and O–H groups in total. The second-order valence-electron chi connectivity index (χ2n) is 8.16. The zero-order valence-corrected chi connectivity index (χ0v) is 17.1. The maximum atomic E-state index is 12.4. The summed E-state index contributed by atoms with van der Waals surface area (Å²) in [4.78, 5) is 41.5. The lowest BCUT2D eigenvalue weighted by Crippen LogP contribution is -2.39. The van der Waals surface area contributed by atoms with Gasteiger partial charge in [-0.2, -0.15) is 0 Å². The molecule has 8 heteroatoms. The van der Waals surface area contributed by atoms with Crippen LogP contribution < -0.4 is 5.56 Å². The van der Waals surface area contributed by atoms with Gasteiger partial charge in [0.2, 0.25) is 5.91 Å². The molecule has 2 fully saturated rings. The highest BCUT2D eigenvalue weighted by Gasteiger charge is 2.41. The number of hydrogen-bond acceptors (Lipinski definition) is 5. The smallest absolute Gasteiger partial charge is 0.290 e. The number of aromatic nitrogens is 2. The minimum atomic E-state index is -0.250. The largest absolute Gasteiger partial charge is 0.483 e. The number of aryl methyl sites for hydroxylation is 1. The first kappa shape index (κ1) is 21.0. The molecule has 29 heavy (non-hydrogen) atoms. The van der Waals surface area contributed by atoms with Crippen LogP contribution in [0.3, 0.4) is 0 Å². The first-order valence-electron chi connectivity index (χ1n) is 9.83. The molecule has 3 heterocycles. The molecule has 2 aliphatic rings. The summed E-state index contributed by atoms with van der Waals surface area (Å²) in [6.07, 6.45) is 4.69. The molecule has 2 aromatic heterocycles. The minimum Gasteiger partial charge on any atom is -0.483 e. The number of amides is 1. The maximum Gasteiger partial charge on any atom is 0.290 e. The third-order valence-electron chi connectivity index (χ3n) is 6.08. The second-order valence-corrected chi connectivity index (χ2v) is 8.16. The third kappa shape index (κ3) is 4.64. The van der Waals surface area contributed by atoms with Crippen LogP contribution in [-0.4, -0.2) is 63.4 Å². The highest BCUT2D eigenvalue weighted by Crippen LogP contribution is 2.40. The van der Waals surface area contributed by atoms with Crippen molar-refractivity contribution in [1.82, 2.24) is 19.2 Å². The summed E-state index contributed by atoms with van der Waals surface area (Å²) in [7, 11) is 4.01. The van der Waals surface area contributed by atoms with Crippen molar-refractivity contribution in [2.45, 2.75) is 38.8 Å². The Morgan fingerprint density at radius 1 is 1.28 bits per heavy atom. The van der Waals surface area contributed by atoms with Crippen LogP contribution in [0.5, 0.6) is 0 Å². The van der Waals surface area contributed by atoms with Crippen molar-refractivity contribution in [3.8, 4) is 0 Å². The molecule has 2 aromatic rings. The molecule has 8 nitrogen and oxygen atoms in total. The Balaban J connectivity index is 0.000000755. The molecule has 0 bridgehead atoms. The Hall–Kier alpha value is -2.74. The minimum absolute atomic E-state index is 0.0330. The first-order valence-corrected chi connectivity index (χ1v) is 9.83. The average Bonchev–Trinajstić information content (AvgIpc) is 3.06. The average molecular weight is 400 g/mol. The molecule has 1 aliphatic carbocycles. The van der Waals surface area contributed by atoms with Gasteiger partial charge in [0.1, 0.15) is 5.65 Å². The van der Waals surface area contributed by atoms with E-state index in [0.717, 1.165) is 30.6 Å². The van der Waals surface area contributed by atoms with Crippen LogP contribution >= 0.6 is 0 Å². The van der Waals surface area contributed by atoms with Crippen LogP contribution in [0.4, 0.5) is 0 Å². The SMILES string of the molecule is Cc1ccc2nc(CN(C)[C@@H]3C[C@@H]4CC(=O)N(C)C[C@@H]4C3)cc(=O)n2c1.O=CO. The summed E-state index contributed by atoms with van der Waals surface area (Å²) in [5, 5.41) is 6.89. The van der Waals surface area contributed by atoms with E-state index in [1.807, 2.05) is 37.2 Å². The van der Waals surface area contributed by atoms with Gasteiger partial charge in [0.05, 0.1) is 5.69 Å². The summed E-state index contributed by atoms with van der Waals surface area (Å²) >= 11 is 0. The number of carbonyl (C=O) groups excluding carboxylic acids is 1. The van der Waals surface area contributed by atoms with Gasteiger partial charge in [0, 0.05) is 44.9 Å². The van der Waals surface area contributed by atoms with Crippen LogP contribution in [-0.2, 0) is 16.1 Å². The molecule has 1 saturated heterocycles. The molecule has 0 aromatic carbocycles. The van der Waals surface area contributed by atoms with Gasteiger partial charge in [0.15, 0.2) is 0 Å². The van der Waals surface area contributed by atoms with E-state index >= 15 is 0 Å². The van der Waals surface area contributed by atoms with Gasteiger partial charge in [-0.1, -0.05) is 6.07 Å². The van der Waals surface area contributed by atoms with E-state index in [1.54, 1.807) is 10.5 Å². The predicted molar refractivity (Wildman–Crippen MR) is 109 cm³/mol. The summed E-state index contributed by atoms with van der Waals surface area (Å²) in [5.41, 5.74) is 2.51. The quantitative estimate of drug-likeness (QED) is 0.783. The maximum absolute atomic E-state index is 12.4. The molecule has 0 unspecified atom stereocenters. The third-order valence-corrected chi connectivity index (χ3v) is 6.08.